The molecule has 4 aromatic rings. The highest BCUT2D eigenvalue weighted by atomic mass is 19.2. The van der Waals surface area contributed by atoms with Crippen LogP contribution in [0.4, 0.5) is 8.78 Å². The number of piperidine rings is 1. The molecule has 1 aliphatic heterocycles. The number of amides is 1. The summed E-state index contributed by atoms with van der Waals surface area (Å²) in [7, 11) is 2.11. The minimum absolute atomic E-state index is 0.00270. The third-order valence-electron chi connectivity index (χ3n) is 6.83. The van der Waals surface area contributed by atoms with E-state index in [1.807, 2.05) is 24.3 Å². The van der Waals surface area contributed by atoms with Crippen molar-refractivity contribution in [3.63, 3.8) is 0 Å². The SMILES string of the molecule is CN1CCC(Oc2ccnc3ccc(C#CCNC(=O)c4cccn(Cc5ccc(F)c(F)c5)c4=O)cc23)CC1. The highest BCUT2D eigenvalue weighted by Crippen LogP contribution is 2.27. The summed E-state index contributed by atoms with van der Waals surface area (Å²) in [5, 5.41) is 3.53. The fourth-order valence-electron chi connectivity index (χ4n) is 4.62. The van der Waals surface area contributed by atoms with Crippen LogP contribution in [0.2, 0.25) is 0 Å². The van der Waals surface area contributed by atoms with Gasteiger partial charge in [0.25, 0.3) is 11.5 Å². The summed E-state index contributed by atoms with van der Waals surface area (Å²) >= 11 is 0. The lowest BCUT2D eigenvalue weighted by Gasteiger charge is -2.29. The van der Waals surface area contributed by atoms with Crippen molar-refractivity contribution in [2.45, 2.75) is 25.5 Å². The summed E-state index contributed by atoms with van der Waals surface area (Å²) in [6.45, 7) is 2.03. The van der Waals surface area contributed by atoms with Crippen LogP contribution < -0.4 is 15.6 Å². The van der Waals surface area contributed by atoms with Gasteiger partial charge in [0, 0.05) is 36.4 Å². The topological polar surface area (TPSA) is 76.5 Å². The minimum Gasteiger partial charge on any atom is -0.490 e. The molecule has 0 spiro atoms. The van der Waals surface area contributed by atoms with Crippen LogP contribution >= 0.6 is 0 Å². The van der Waals surface area contributed by atoms with Gasteiger partial charge in [-0.25, -0.2) is 8.78 Å². The van der Waals surface area contributed by atoms with Gasteiger partial charge in [-0.2, -0.15) is 0 Å². The molecule has 1 amide bonds. The van der Waals surface area contributed by atoms with Crippen molar-refractivity contribution in [3.8, 4) is 17.6 Å². The van der Waals surface area contributed by atoms with E-state index in [4.69, 9.17) is 4.74 Å². The van der Waals surface area contributed by atoms with Crippen molar-refractivity contribution >= 4 is 16.8 Å². The normalized spacial score (nSPS) is 14.0. The van der Waals surface area contributed by atoms with E-state index < -0.39 is 23.1 Å². The minimum atomic E-state index is -0.998. The Morgan fingerprint density at radius 3 is 2.73 bits per heavy atom. The molecule has 0 saturated carbocycles. The highest BCUT2D eigenvalue weighted by Gasteiger charge is 2.19. The molecule has 0 radical (unpaired) electrons. The zero-order chi connectivity index (χ0) is 28.1. The van der Waals surface area contributed by atoms with Gasteiger partial charge in [0.2, 0.25) is 0 Å². The molecule has 2 aromatic heterocycles. The summed E-state index contributed by atoms with van der Waals surface area (Å²) < 4.78 is 34.3. The van der Waals surface area contributed by atoms with Crippen LogP contribution in [0.5, 0.6) is 5.75 Å². The first-order chi connectivity index (χ1) is 19.4. The van der Waals surface area contributed by atoms with Gasteiger partial charge in [0.05, 0.1) is 18.6 Å². The molecular weight excluding hydrogens is 514 g/mol. The van der Waals surface area contributed by atoms with Crippen LogP contribution in [-0.2, 0) is 6.54 Å². The van der Waals surface area contributed by atoms with Gasteiger partial charge in [-0.3, -0.25) is 14.6 Å². The van der Waals surface area contributed by atoms with E-state index in [1.54, 1.807) is 12.3 Å². The van der Waals surface area contributed by atoms with Gasteiger partial charge >= 0.3 is 0 Å². The summed E-state index contributed by atoms with van der Waals surface area (Å²) in [6, 6.07) is 13.9. The molecule has 40 heavy (non-hydrogen) atoms. The number of nitrogens with zero attached hydrogens (tertiary/aromatic N) is 3. The standard InChI is InChI=1S/C31H28F2N4O3/c1-36-16-11-23(12-17-36)40-29-10-14-34-28-9-7-21(18-25(28)29)4-2-13-35-30(38)24-5-3-15-37(31(24)39)20-22-6-8-26(32)27(33)19-22/h3,5-10,14-15,18-19,23H,11-13,16-17,20H2,1H3,(H,35,38). The third kappa shape index (κ3) is 6.35. The lowest BCUT2D eigenvalue weighted by atomic mass is 10.1. The predicted molar refractivity (Wildman–Crippen MR) is 148 cm³/mol. The fourth-order valence-corrected chi connectivity index (χ4v) is 4.62. The Morgan fingerprint density at radius 1 is 1.10 bits per heavy atom. The Labute approximate surface area is 230 Å². The molecule has 0 unspecified atom stereocenters. The number of benzene rings is 2. The Balaban J connectivity index is 1.24. The second kappa shape index (κ2) is 12.1. The van der Waals surface area contributed by atoms with Gasteiger partial charge in [0.1, 0.15) is 17.4 Å². The Morgan fingerprint density at radius 2 is 1.93 bits per heavy atom. The molecular formula is C31H28F2N4O3. The van der Waals surface area contributed by atoms with Gasteiger partial charge in [-0.05, 0) is 74.0 Å². The number of carbonyl (C=O) groups is 1. The first-order valence-corrected chi connectivity index (χ1v) is 13.0. The average Bonchev–Trinajstić information content (AvgIpc) is 2.95. The summed E-state index contributed by atoms with van der Waals surface area (Å²) in [4.78, 5) is 32.2. The quantitative estimate of drug-likeness (QED) is 0.373. The Bertz CT molecular complexity index is 1670. The molecule has 1 saturated heterocycles. The molecule has 9 heteroatoms. The molecule has 2 aromatic carbocycles. The van der Waals surface area contributed by atoms with Crippen LogP contribution in [0.25, 0.3) is 10.9 Å². The maximum Gasteiger partial charge on any atom is 0.263 e. The van der Waals surface area contributed by atoms with Gasteiger partial charge in [-0.15, -0.1) is 0 Å². The number of hydrogen-bond acceptors (Lipinski definition) is 5. The Kier molecular flexibility index (Phi) is 8.18. The van der Waals surface area contributed by atoms with Gasteiger partial charge < -0.3 is 19.5 Å². The van der Waals surface area contributed by atoms with E-state index >= 15 is 0 Å². The van der Waals surface area contributed by atoms with Crippen LogP contribution in [-0.4, -0.2) is 53.1 Å². The van der Waals surface area contributed by atoms with Crippen molar-refractivity contribution in [1.29, 1.82) is 0 Å². The van der Waals surface area contributed by atoms with Crippen LogP contribution in [0.3, 0.4) is 0 Å². The molecule has 0 aliphatic carbocycles. The van der Waals surface area contributed by atoms with Gasteiger partial charge in [0.15, 0.2) is 11.6 Å². The van der Waals surface area contributed by atoms with Crippen LogP contribution in [0.15, 0.2) is 71.8 Å². The molecule has 0 atom stereocenters. The molecule has 7 nitrogen and oxygen atoms in total. The highest BCUT2D eigenvalue weighted by molar-refractivity contribution is 5.94. The lowest BCUT2D eigenvalue weighted by molar-refractivity contribution is 0.0956. The number of likely N-dealkylation sites (tertiary alicyclic amines) is 1. The number of halogens is 2. The molecule has 1 fully saturated rings. The number of ether oxygens (including phenoxy) is 1. The van der Waals surface area contributed by atoms with Crippen molar-refractivity contribution in [2.24, 2.45) is 0 Å². The first kappa shape index (κ1) is 27.0. The molecule has 1 N–H and O–H groups in total. The van der Waals surface area contributed by atoms with Crippen LogP contribution in [0.1, 0.15) is 34.3 Å². The van der Waals surface area contributed by atoms with Crippen molar-refractivity contribution in [1.82, 2.24) is 19.8 Å². The summed E-state index contributed by atoms with van der Waals surface area (Å²) in [6.07, 6.45) is 5.32. The van der Waals surface area contributed by atoms with Crippen molar-refractivity contribution in [2.75, 3.05) is 26.7 Å². The monoisotopic (exact) mass is 542 g/mol. The van der Waals surface area contributed by atoms with Crippen molar-refractivity contribution < 1.29 is 18.3 Å². The van der Waals surface area contributed by atoms with E-state index in [2.05, 4.69) is 34.1 Å². The number of hydrogen-bond donors (Lipinski definition) is 1. The van der Waals surface area contributed by atoms with E-state index in [9.17, 15) is 18.4 Å². The number of aromatic nitrogens is 2. The zero-order valence-corrected chi connectivity index (χ0v) is 22.0. The Hall–Kier alpha value is -4.55. The second-order valence-electron chi connectivity index (χ2n) is 9.75. The molecule has 3 heterocycles. The zero-order valence-electron chi connectivity index (χ0n) is 22.0. The first-order valence-electron chi connectivity index (χ1n) is 13.0. The van der Waals surface area contributed by atoms with Crippen molar-refractivity contribution in [3.05, 3.63) is 106 Å². The number of rotatable bonds is 6. The lowest BCUT2D eigenvalue weighted by Crippen LogP contribution is -2.35. The summed E-state index contributed by atoms with van der Waals surface area (Å²) in [5.74, 6) is 4.21. The number of fused-ring (bicyclic) bond motifs is 1. The maximum atomic E-state index is 13.5. The van der Waals surface area contributed by atoms with E-state index in [0.717, 1.165) is 60.3 Å². The van der Waals surface area contributed by atoms with Crippen LogP contribution in [0, 0.1) is 23.5 Å². The van der Waals surface area contributed by atoms with Gasteiger partial charge in [-0.1, -0.05) is 17.9 Å². The number of nitrogens with one attached hydrogen (secondary N) is 1. The second-order valence-corrected chi connectivity index (χ2v) is 9.75. The smallest absolute Gasteiger partial charge is 0.263 e. The average molecular weight is 543 g/mol. The number of carbonyl (C=O) groups excluding carboxylic acids is 1. The molecule has 1 aliphatic rings. The predicted octanol–water partition coefficient (Wildman–Crippen LogP) is 3.98. The number of pyridine rings is 2. The fraction of sp³-hybridized carbons (Fsp3) is 0.258. The van der Waals surface area contributed by atoms with E-state index in [0.29, 0.717) is 5.56 Å². The third-order valence-corrected chi connectivity index (χ3v) is 6.83. The largest absolute Gasteiger partial charge is 0.490 e. The summed E-state index contributed by atoms with van der Waals surface area (Å²) in [5.41, 5.74) is 1.34. The van der Waals surface area contributed by atoms with E-state index in [1.165, 1.54) is 22.9 Å². The molecule has 5 rings (SSSR count). The van der Waals surface area contributed by atoms with E-state index in [-0.39, 0.29) is 24.8 Å². The molecule has 204 valence electrons. The molecule has 0 bridgehead atoms. The maximum absolute atomic E-state index is 13.5.